The van der Waals surface area contributed by atoms with E-state index in [0.29, 0.717) is 6.67 Å². The van der Waals surface area contributed by atoms with Gasteiger partial charge in [0.25, 0.3) is 0 Å². The molecule has 1 heterocycles. The second kappa shape index (κ2) is 5.49. The van der Waals surface area contributed by atoms with Crippen molar-refractivity contribution >= 4 is 5.69 Å². The SMILES string of the molecule is Cc1ccc(N2CCN(CNO)CC2)c(C)c1. The van der Waals surface area contributed by atoms with Gasteiger partial charge in [-0.05, 0) is 25.5 Å². The molecule has 1 saturated heterocycles. The Morgan fingerprint density at radius 2 is 1.88 bits per heavy atom. The third-order valence-corrected chi connectivity index (χ3v) is 3.36. The van der Waals surface area contributed by atoms with Crippen LogP contribution in [0.4, 0.5) is 5.69 Å². The Bertz CT molecular complexity index is 373. The monoisotopic (exact) mass is 235 g/mol. The fraction of sp³-hybridized carbons (Fsp3) is 0.538. The molecule has 1 aliphatic heterocycles. The first-order chi connectivity index (χ1) is 8.20. The van der Waals surface area contributed by atoms with Crippen molar-refractivity contribution < 1.29 is 5.21 Å². The minimum absolute atomic E-state index is 0.556. The minimum atomic E-state index is 0.556. The number of hydroxylamine groups is 1. The molecular formula is C13H21N3O. The predicted octanol–water partition coefficient (Wildman–Crippen LogP) is 1.36. The van der Waals surface area contributed by atoms with Crippen molar-refractivity contribution in [3.63, 3.8) is 0 Å². The van der Waals surface area contributed by atoms with Gasteiger partial charge in [0.05, 0.1) is 6.67 Å². The van der Waals surface area contributed by atoms with E-state index in [-0.39, 0.29) is 0 Å². The van der Waals surface area contributed by atoms with Crippen LogP contribution in [0.3, 0.4) is 0 Å². The van der Waals surface area contributed by atoms with Crippen molar-refractivity contribution in [2.45, 2.75) is 13.8 Å². The fourth-order valence-corrected chi connectivity index (χ4v) is 2.41. The number of piperazine rings is 1. The minimum Gasteiger partial charge on any atom is -0.369 e. The second-order valence-electron chi connectivity index (χ2n) is 4.71. The molecule has 1 fully saturated rings. The summed E-state index contributed by atoms with van der Waals surface area (Å²) in [5.41, 5.74) is 6.22. The number of hydrogen-bond donors (Lipinski definition) is 2. The van der Waals surface area contributed by atoms with Crippen molar-refractivity contribution in [2.75, 3.05) is 37.7 Å². The Hall–Kier alpha value is -1.10. The molecule has 0 radical (unpaired) electrons. The van der Waals surface area contributed by atoms with E-state index < -0.39 is 0 Å². The molecule has 4 nitrogen and oxygen atoms in total. The number of nitrogens with zero attached hydrogens (tertiary/aromatic N) is 2. The van der Waals surface area contributed by atoms with Crippen LogP contribution in [-0.4, -0.2) is 43.0 Å². The van der Waals surface area contributed by atoms with Crippen LogP contribution in [0.2, 0.25) is 0 Å². The van der Waals surface area contributed by atoms with Crippen LogP contribution in [0.25, 0.3) is 0 Å². The molecule has 17 heavy (non-hydrogen) atoms. The summed E-state index contributed by atoms with van der Waals surface area (Å²) in [6.45, 7) is 8.87. The van der Waals surface area contributed by atoms with Gasteiger partial charge in [-0.15, -0.1) is 0 Å². The molecule has 2 N–H and O–H groups in total. The zero-order valence-corrected chi connectivity index (χ0v) is 10.6. The summed E-state index contributed by atoms with van der Waals surface area (Å²) in [6.07, 6.45) is 0. The Morgan fingerprint density at radius 3 is 2.47 bits per heavy atom. The average Bonchev–Trinajstić information content (AvgIpc) is 2.31. The Morgan fingerprint density at radius 1 is 1.18 bits per heavy atom. The van der Waals surface area contributed by atoms with E-state index >= 15 is 0 Å². The summed E-state index contributed by atoms with van der Waals surface area (Å²) in [5.74, 6) is 0. The number of benzene rings is 1. The van der Waals surface area contributed by atoms with Crippen molar-refractivity contribution in [2.24, 2.45) is 0 Å². The van der Waals surface area contributed by atoms with E-state index in [9.17, 15) is 0 Å². The van der Waals surface area contributed by atoms with Crippen molar-refractivity contribution in [1.29, 1.82) is 0 Å². The molecule has 0 saturated carbocycles. The maximum absolute atomic E-state index is 8.67. The van der Waals surface area contributed by atoms with Gasteiger partial charge >= 0.3 is 0 Å². The molecule has 0 bridgehead atoms. The van der Waals surface area contributed by atoms with Crippen molar-refractivity contribution in [3.05, 3.63) is 29.3 Å². The first kappa shape index (κ1) is 12.4. The van der Waals surface area contributed by atoms with Gasteiger partial charge in [-0.3, -0.25) is 4.90 Å². The molecule has 0 amide bonds. The van der Waals surface area contributed by atoms with Gasteiger partial charge < -0.3 is 10.1 Å². The Balaban J connectivity index is 2.00. The molecule has 2 rings (SSSR count). The highest BCUT2D eigenvalue weighted by Crippen LogP contribution is 2.22. The van der Waals surface area contributed by atoms with E-state index in [2.05, 4.69) is 47.3 Å². The highest BCUT2D eigenvalue weighted by Gasteiger charge is 2.17. The lowest BCUT2D eigenvalue weighted by atomic mass is 10.1. The first-order valence-corrected chi connectivity index (χ1v) is 6.12. The number of aryl methyl sites for hydroxylation is 2. The van der Waals surface area contributed by atoms with Crippen molar-refractivity contribution in [3.8, 4) is 0 Å². The quantitative estimate of drug-likeness (QED) is 0.776. The smallest absolute Gasteiger partial charge is 0.0724 e. The van der Waals surface area contributed by atoms with Crippen molar-refractivity contribution in [1.82, 2.24) is 10.4 Å². The maximum atomic E-state index is 8.67. The molecule has 94 valence electrons. The number of nitrogens with one attached hydrogen (secondary N) is 1. The number of rotatable bonds is 3. The molecule has 1 aromatic carbocycles. The van der Waals surface area contributed by atoms with E-state index in [0.717, 1.165) is 26.2 Å². The summed E-state index contributed by atoms with van der Waals surface area (Å²) in [4.78, 5) is 4.63. The summed E-state index contributed by atoms with van der Waals surface area (Å²) in [7, 11) is 0. The molecule has 0 aliphatic carbocycles. The zero-order valence-electron chi connectivity index (χ0n) is 10.6. The normalized spacial score (nSPS) is 17.5. The van der Waals surface area contributed by atoms with Crippen LogP contribution in [0.1, 0.15) is 11.1 Å². The Kier molecular flexibility index (Phi) is 3.99. The summed E-state index contributed by atoms with van der Waals surface area (Å²) in [5, 5.41) is 8.67. The third-order valence-electron chi connectivity index (χ3n) is 3.36. The van der Waals surface area contributed by atoms with E-state index in [4.69, 9.17) is 5.21 Å². The summed E-state index contributed by atoms with van der Waals surface area (Å²) in [6, 6.07) is 6.62. The number of anilines is 1. The first-order valence-electron chi connectivity index (χ1n) is 6.12. The molecule has 0 atom stereocenters. The van der Waals surface area contributed by atoms with Gasteiger partial charge in [-0.2, -0.15) is 5.48 Å². The maximum Gasteiger partial charge on any atom is 0.0724 e. The third kappa shape index (κ3) is 2.97. The van der Waals surface area contributed by atoms with Crippen LogP contribution >= 0.6 is 0 Å². The van der Waals surface area contributed by atoms with Gasteiger partial charge in [-0.1, -0.05) is 17.7 Å². The van der Waals surface area contributed by atoms with Gasteiger partial charge in [0.2, 0.25) is 0 Å². The highest BCUT2D eigenvalue weighted by atomic mass is 16.5. The standard InChI is InChI=1S/C13H21N3O/c1-11-3-4-13(12(2)9-11)16-7-5-15(6-8-16)10-14-17/h3-4,9,14,17H,5-8,10H2,1-2H3. The number of hydrogen-bond acceptors (Lipinski definition) is 4. The second-order valence-corrected chi connectivity index (χ2v) is 4.71. The molecule has 1 aromatic rings. The summed E-state index contributed by atoms with van der Waals surface area (Å²) >= 11 is 0. The van der Waals surface area contributed by atoms with Gasteiger partial charge in [0.1, 0.15) is 0 Å². The largest absolute Gasteiger partial charge is 0.369 e. The zero-order chi connectivity index (χ0) is 12.3. The average molecular weight is 235 g/mol. The molecule has 1 aliphatic rings. The fourth-order valence-electron chi connectivity index (χ4n) is 2.41. The van der Waals surface area contributed by atoms with Crippen LogP contribution in [0.15, 0.2) is 18.2 Å². The Labute approximate surface area is 103 Å². The van der Waals surface area contributed by atoms with Gasteiger partial charge in [0, 0.05) is 31.9 Å². The van der Waals surface area contributed by atoms with E-state index in [1.165, 1.54) is 16.8 Å². The lowest BCUT2D eigenvalue weighted by molar-refractivity contribution is 0.0944. The molecule has 0 spiro atoms. The molecule has 4 heteroatoms. The molecule has 0 aromatic heterocycles. The summed E-state index contributed by atoms with van der Waals surface area (Å²) < 4.78 is 0. The molecular weight excluding hydrogens is 214 g/mol. The van der Waals surface area contributed by atoms with Crippen LogP contribution < -0.4 is 10.4 Å². The lowest BCUT2D eigenvalue weighted by Crippen LogP contribution is -2.49. The topological polar surface area (TPSA) is 38.7 Å². The van der Waals surface area contributed by atoms with Gasteiger partial charge in [-0.25, -0.2) is 0 Å². The molecule has 0 unspecified atom stereocenters. The van der Waals surface area contributed by atoms with Crippen LogP contribution in [0, 0.1) is 13.8 Å². The lowest BCUT2D eigenvalue weighted by Gasteiger charge is -2.36. The van der Waals surface area contributed by atoms with Crippen LogP contribution in [-0.2, 0) is 0 Å². The van der Waals surface area contributed by atoms with E-state index in [1.807, 2.05) is 0 Å². The predicted molar refractivity (Wildman–Crippen MR) is 69.5 cm³/mol. The highest BCUT2D eigenvalue weighted by molar-refractivity contribution is 5.54. The van der Waals surface area contributed by atoms with Gasteiger partial charge in [0.15, 0.2) is 0 Å². The van der Waals surface area contributed by atoms with E-state index in [1.54, 1.807) is 0 Å². The van der Waals surface area contributed by atoms with Crippen LogP contribution in [0.5, 0.6) is 0 Å².